The molecule has 0 fully saturated rings. The molecule has 0 heterocycles. The molecule has 0 atom stereocenters. The predicted molar refractivity (Wildman–Crippen MR) is 57.4 cm³/mol. The second-order valence-corrected chi connectivity index (χ2v) is 3.22. The monoisotopic (exact) mass is 190 g/mol. The Hall–Kier alpha value is -1.57. The molecule has 0 saturated heterocycles. The lowest BCUT2D eigenvalue weighted by Crippen LogP contribution is -1.95. The van der Waals surface area contributed by atoms with Gasteiger partial charge in [-0.2, -0.15) is 0 Å². The van der Waals surface area contributed by atoms with Crippen LogP contribution in [0.2, 0.25) is 0 Å². The summed E-state index contributed by atoms with van der Waals surface area (Å²) in [5.74, 6) is 0.819. The number of aryl methyl sites for hydroxylation is 1. The molecule has 0 radical (unpaired) electrons. The van der Waals surface area contributed by atoms with Crippen LogP contribution in [0.4, 0.5) is 0 Å². The van der Waals surface area contributed by atoms with Crippen molar-refractivity contribution in [2.45, 2.75) is 13.8 Å². The SMILES string of the molecule is C=C(C(C)=O)c1ccc(OC)c(C)c1. The van der Waals surface area contributed by atoms with E-state index in [4.69, 9.17) is 4.74 Å². The van der Waals surface area contributed by atoms with E-state index in [1.165, 1.54) is 6.92 Å². The van der Waals surface area contributed by atoms with Crippen molar-refractivity contribution in [2.24, 2.45) is 0 Å². The van der Waals surface area contributed by atoms with Crippen LogP contribution in [0.5, 0.6) is 5.75 Å². The van der Waals surface area contributed by atoms with Crippen LogP contribution < -0.4 is 4.74 Å². The largest absolute Gasteiger partial charge is 0.496 e. The molecule has 1 rings (SSSR count). The number of ether oxygens (including phenoxy) is 1. The van der Waals surface area contributed by atoms with Gasteiger partial charge in [-0.15, -0.1) is 0 Å². The molecule has 74 valence electrons. The lowest BCUT2D eigenvalue weighted by Gasteiger charge is -2.07. The van der Waals surface area contributed by atoms with Gasteiger partial charge in [-0.25, -0.2) is 0 Å². The first-order valence-corrected chi connectivity index (χ1v) is 4.41. The van der Waals surface area contributed by atoms with E-state index >= 15 is 0 Å². The standard InChI is InChI=1S/C12H14O2/c1-8-7-11(9(2)10(3)13)5-6-12(8)14-4/h5-7H,2H2,1,3-4H3. The number of Topliss-reactive ketones (excluding diaryl/α,β-unsaturated/α-hetero) is 1. The van der Waals surface area contributed by atoms with Gasteiger partial charge in [-0.05, 0) is 37.1 Å². The summed E-state index contributed by atoms with van der Waals surface area (Å²) >= 11 is 0. The molecule has 0 aliphatic heterocycles. The van der Waals surface area contributed by atoms with E-state index in [2.05, 4.69) is 6.58 Å². The molecule has 0 aliphatic rings. The first kappa shape index (κ1) is 10.5. The molecule has 0 amide bonds. The molecule has 0 spiro atoms. The Morgan fingerprint density at radius 2 is 2.07 bits per heavy atom. The number of allylic oxidation sites excluding steroid dienone is 1. The van der Waals surface area contributed by atoms with Crippen LogP contribution in [0.25, 0.3) is 5.57 Å². The number of ketones is 1. The Labute approximate surface area is 84.2 Å². The molecule has 0 N–H and O–H groups in total. The van der Waals surface area contributed by atoms with Gasteiger partial charge < -0.3 is 4.74 Å². The normalized spacial score (nSPS) is 9.64. The summed E-state index contributed by atoms with van der Waals surface area (Å²) in [6, 6.07) is 5.59. The minimum absolute atomic E-state index is 0.00503. The molecule has 0 bridgehead atoms. The summed E-state index contributed by atoms with van der Waals surface area (Å²) in [6.07, 6.45) is 0. The van der Waals surface area contributed by atoms with Crippen LogP contribution in [0, 0.1) is 6.92 Å². The first-order chi connectivity index (χ1) is 6.56. The van der Waals surface area contributed by atoms with Crippen molar-refractivity contribution in [3.05, 3.63) is 35.9 Å². The Kier molecular flexibility index (Phi) is 3.07. The molecule has 0 aromatic heterocycles. The van der Waals surface area contributed by atoms with E-state index < -0.39 is 0 Å². The predicted octanol–water partition coefficient (Wildman–Crippen LogP) is 2.61. The van der Waals surface area contributed by atoms with Crippen molar-refractivity contribution < 1.29 is 9.53 Å². The van der Waals surface area contributed by atoms with Crippen molar-refractivity contribution >= 4 is 11.4 Å². The number of rotatable bonds is 3. The van der Waals surface area contributed by atoms with Gasteiger partial charge in [0.2, 0.25) is 0 Å². The quantitative estimate of drug-likeness (QED) is 0.685. The summed E-state index contributed by atoms with van der Waals surface area (Å²) in [6.45, 7) is 7.19. The lowest BCUT2D eigenvalue weighted by atomic mass is 10.0. The number of hydrogen-bond donors (Lipinski definition) is 0. The molecule has 0 aliphatic carbocycles. The molecule has 1 aromatic rings. The Morgan fingerprint density at radius 1 is 1.43 bits per heavy atom. The fraction of sp³-hybridized carbons (Fsp3) is 0.250. The Bertz CT molecular complexity index is 378. The molecule has 14 heavy (non-hydrogen) atoms. The summed E-state index contributed by atoms with van der Waals surface area (Å²) < 4.78 is 5.13. The van der Waals surface area contributed by atoms with Crippen LogP contribution in [0.3, 0.4) is 0 Å². The zero-order chi connectivity index (χ0) is 10.7. The van der Waals surface area contributed by atoms with Crippen LogP contribution in [0.15, 0.2) is 24.8 Å². The highest BCUT2D eigenvalue weighted by atomic mass is 16.5. The fourth-order valence-electron chi connectivity index (χ4n) is 1.27. The zero-order valence-corrected chi connectivity index (χ0v) is 8.76. The summed E-state index contributed by atoms with van der Waals surface area (Å²) in [7, 11) is 1.63. The summed E-state index contributed by atoms with van der Waals surface area (Å²) in [4.78, 5) is 11.1. The minimum atomic E-state index is -0.00503. The van der Waals surface area contributed by atoms with Gasteiger partial charge >= 0.3 is 0 Å². The second kappa shape index (κ2) is 4.09. The fourth-order valence-corrected chi connectivity index (χ4v) is 1.27. The number of methoxy groups -OCH3 is 1. The Balaban J connectivity index is 3.09. The molecular formula is C12H14O2. The summed E-state index contributed by atoms with van der Waals surface area (Å²) in [5, 5.41) is 0. The summed E-state index contributed by atoms with van der Waals surface area (Å²) in [5.41, 5.74) is 2.40. The smallest absolute Gasteiger partial charge is 0.159 e. The van der Waals surface area contributed by atoms with Crippen LogP contribution in [-0.4, -0.2) is 12.9 Å². The van der Waals surface area contributed by atoms with Crippen LogP contribution >= 0.6 is 0 Å². The number of benzene rings is 1. The van der Waals surface area contributed by atoms with E-state index in [0.29, 0.717) is 5.57 Å². The minimum Gasteiger partial charge on any atom is -0.496 e. The van der Waals surface area contributed by atoms with Crippen LogP contribution in [-0.2, 0) is 4.79 Å². The van der Waals surface area contributed by atoms with Crippen molar-refractivity contribution in [3.63, 3.8) is 0 Å². The van der Waals surface area contributed by atoms with E-state index in [0.717, 1.165) is 16.9 Å². The molecule has 2 nitrogen and oxygen atoms in total. The maximum atomic E-state index is 11.1. The van der Waals surface area contributed by atoms with Gasteiger partial charge in [-0.3, -0.25) is 4.79 Å². The highest BCUT2D eigenvalue weighted by Crippen LogP contribution is 2.22. The molecular weight excluding hydrogens is 176 g/mol. The molecule has 0 saturated carbocycles. The van der Waals surface area contributed by atoms with E-state index in [1.807, 2.05) is 25.1 Å². The number of carbonyl (C=O) groups excluding carboxylic acids is 1. The van der Waals surface area contributed by atoms with Gasteiger partial charge in [0.15, 0.2) is 5.78 Å². The van der Waals surface area contributed by atoms with E-state index in [1.54, 1.807) is 7.11 Å². The average molecular weight is 190 g/mol. The van der Waals surface area contributed by atoms with Crippen molar-refractivity contribution in [1.29, 1.82) is 0 Å². The highest BCUT2D eigenvalue weighted by molar-refractivity contribution is 6.18. The third-order valence-electron chi connectivity index (χ3n) is 2.17. The van der Waals surface area contributed by atoms with Crippen molar-refractivity contribution in [1.82, 2.24) is 0 Å². The third-order valence-corrected chi connectivity index (χ3v) is 2.17. The van der Waals surface area contributed by atoms with Gasteiger partial charge in [0.25, 0.3) is 0 Å². The van der Waals surface area contributed by atoms with Crippen LogP contribution in [0.1, 0.15) is 18.1 Å². The first-order valence-electron chi connectivity index (χ1n) is 4.41. The second-order valence-electron chi connectivity index (χ2n) is 3.22. The molecule has 1 aromatic carbocycles. The lowest BCUT2D eigenvalue weighted by molar-refractivity contribution is -0.111. The topological polar surface area (TPSA) is 26.3 Å². The van der Waals surface area contributed by atoms with Crippen molar-refractivity contribution in [3.8, 4) is 5.75 Å². The number of hydrogen-bond acceptors (Lipinski definition) is 2. The van der Waals surface area contributed by atoms with Gasteiger partial charge in [0.05, 0.1) is 7.11 Å². The van der Waals surface area contributed by atoms with E-state index in [-0.39, 0.29) is 5.78 Å². The Morgan fingerprint density at radius 3 is 2.50 bits per heavy atom. The maximum Gasteiger partial charge on any atom is 0.159 e. The molecule has 0 unspecified atom stereocenters. The van der Waals surface area contributed by atoms with Gasteiger partial charge in [0.1, 0.15) is 5.75 Å². The maximum absolute atomic E-state index is 11.1. The van der Waals surface area contributed by atoms with Gasteiger partial charge in [0, 0.05) is 5.57 Å². The average Bonchev–Trinajstić information content (AvgIpc) is 2.16. The zero-order valence-electron chi connectivity index (χ0n) is 8.76. The van der Waals surface area contributed by atoms with Gasteiger partial charge in [-0.1, -0.05) is 12.6 Å². The number of carbonyl (C=O) groups is 1. The van der Waals surface area contributed by atoms with E-state index in [9.17, 15) is 4.79 Å². The third kappa shape index (κ3) is 2.02. The van der Waals surface area contributed by atoms with Crippen molar-refractivity contribution in [2.75, 3.05) is 7.11 Å². The highest BCUT2D eigenvalue weighted by Gasteiger charge is 2.06. The molecule has 2 heteroatoms.